The number of aliphatic hydroxyl groups is 1. The zero-order chi connectivity index (χ0) is 14.5. The lowest BCUT2D eigenvalue weighted by atomic mass is 10.2. The number of hydrogen-bond acceptors (Lipinski definition) is 8. The summed E-state index contributed by atoms with van der Waals surface area (Å²) >= 11 is 1.57. The lowest BCUT2D eigenvalue weighted by Gasteiger charge is -2.21. The summed E-state index contributed by atoms with van der Waals surface area (Å²) in [5.41, 5.74) is 5.68. The molecule has 4 N–H and O–H groups in total. The van der Waals surface area contributed by atoms with Crippen LogP contribution in [0.15, 0.2) is 18.5 Å². The molecule has 2 atom stereocenters. The minimum atomic E-state index is -0.0118. The van der Waals surface area contributed by atoms with Crippen LogP contribution in [-0.2, 0) is 0 Å². The van der Waals surface area contributed by atoms with Gasteiger partial charge in [0.2, 0.25) is 11.9 Å². The van der Waals surface area contributed by atoms with Crippen LogP contribution in [0.3, 0.4) is 0 Å². The van der Waals surface area contributed by atoms with Gasteiger partial charge in [0.1, 0.15) is 0 Å². The molecule has 20 heavy (non-hydrogen) atoms. The number of nitrogens with one attached hydrogen (secondary N) is 1. The maximum Gasteiger partial charge on any atom is 0.257 e. The lowest BCUT2D eigenvalue weighted by Crippen LogP contribution is -2.32. The van der Waals surface area contributed by atoms with E-state index in [-0.39, 0.29) is 23.8 Å². The van der Waals surface area contributed by atoms with Gasteiger partial charge >= 0.3 is 0 Å². The fourth-order valence-electron chi connectivity index (χ4n) is 1.67. The van der Waals surface area contributed by atoms with E-state index in [1.165, 1.54) is 4.68 Å². The fraction of sp³-hybridized carbons (Fsp3) is 0.455. The van der Waals surface area contributed by atoms with Crippen molar-refractivity contribution in [3.8, 4) is 5.95 Å². The number of thioether (sulfide) groups is 1. The molecule has 0 spiro atoms. The number of hydrogen-bond donors (Lipinski definition) is 3. The van der Waals surface area contributed by atoms with Crippen LogP contribution in [0.5, 0.6) is 0 Å². The molecule has 0 bridgehead atoms. The highest BCUT2D eigenvalue weighted by molar-refractivity contribution is 7.99. The van der Waals surface area contributed by atoms with Crippen molar-refractivity contribution in [3.05, 3.63) is 18.5 Å². The molecular weight excluding hydrogens is 278 g/mol. The average Bonchev–Trinajstić information content (AvgIpc) is 2.93. The van der Waals surface area contributed by atoms with Crippen molar-refractivity contribution in [3.63, 3.8) is 0 Å². The van der Waals surface area contributed by atoms with Crippen LogP contribution in [0.25, 0.3) is 5.95 Å². The molecule has 2 aromatic heterocycles. The third-order valence-electron chi connectivity index (χ3n) is 2.75. The quantitative estimate of drug-likeness (QED) is 0.690. The fourth-order valence-corrected chi connectivity index (χ4v) is 2.29. The summed E-state index contributed by atoms with van der Waals surface area (Å²) < 4.78 is 1.51. The van der Waals surface area contributed by atoms with Gasteiger partial charge in [0, 0.05) is 23.7 Å². The zero-order valence-electron chi connectivity index (χ0n) is 11.3. The van der Waals surface area contributed by atoms with Crippen molar-refractivity contribution in [2.75, 3.05) is 23.9 Å². The highest BCUT2D eigenvalue weighted by atomic mass is 32.2. The van der Waals surface area contributed by atoms with E-state index in [0.717, 1.165) is 0 Å². The summed E-state index contributed by atoms with van der Waals surface area (Å²) in [4.78, 5) is 12.3. The molecule has 2 unspecified atom stereocenters. The number of nitrogen functional groups attached to an aromatic ring is 1. The van der Waals surface area contributed by atoms with Crippen molar-refractivity contribution in [1.29, 1.82) is 0 Å². The van der Waals surface area contributed by atoms with Crippen molar-refractivity contribution in [2.45, 2.75) is 18.2 Å². The van der Waals surface area contributed by atoms with Gasteiger partial charge in [0.15, 0.2) is 0 Å². The van der Waals surface area contributed by atoms with Crippen LogP contribution in [0.1, 0.15) is 6.92 Å². The normalized spacial score (nSPS) is 13.9. The van der Waals surface area contributed by atoms with Gasteiger partial charge in [0.25, 0.3) is 5.95 Å². The van der Waals surface area contributed by atoms with Crippen LogP contribution < -0.4 is 11.1 Å². The van der Waals surface area contributed by atoms with E-state index < -0.39 is 0 Å². The molecule has 0 aliphatic rings. The summed E-state index contributed by atoms with van der Waals surface area (Å²) in [5.74, 6) is 0.829. The van der Waals surface area contributed by atoms with Gasteiger partial charge in [-0.3, -0.25) is 0 Å². The second-order valence-electron chi connectivity index (χ2n) is 4.16. The molecule has 0 amide bonds. The molecule has 0 saturated carbocycles. The minimum absolute atomic E-state index is 0.0118. The predicted molar refractivity (Wildman–Crippen MR) is 78.8 cm³/mol. The molecule has 0 aromatic carbocycles. The molecule has 0 aliphatic heterocycles. The Morgan fingerprint density at radius 3 is 2.85 bits per heavy atom. The van der Waals surface area contributed by atoms with Gasteiger partial charge in [0.05, 0.1) is 6.61 Å². The van der Waals surface area contributed by atoms with Crippen molar-refractivity contribution < 1.29 is 5.11 Å². The minimum Gasteiger partial charge on any atom is -0.395 e. The van der Waals surface area contributed by atoms with E-state index >= 15 is 0 Å². The Morgan fingerprint density at radius 2 is 2.25 bits per heavy atom. The smallest absolute Gasteiger partial charge is 0.257 e. The molecule has 108 valence electrons. The standard InChI is InChI=1S/C11H17N7OS/c1-7(8(6-19)20-2)14-10-15-9(12)16-11(17-10)18-5-3-4-13-18/h3-5,7-8,19H,6H2,1-2H3,(H3,12,14,15,16,17). The Labute approximate surface area is 120 Å². The zero-order valence-corrected chi connectivity index (χ0v) is 12.1. The first-order valence-corrected chi connectivity index (χ1v) is 7.34. The first kappa shape index (κ1) is 14.5. The van der Waals surface area contributed by atoms with Crippen molar-refractivity contribution in [2.24, 2.45) is 0 Å². The third kappa shape index (κ3) is 3.36. The SMILES string of the molecule is CSC(CO)C(C)Nc1nc(N)nc(-n2cccn2)n1. The summed E-state index contributed by atoms with van der Waals surface area (Å²) in [5, 5.41) is 16.5. The third-order valence-corrected chi connectivity index (χ3v) is 3.91. The molecule has 9 heteroatoms. The maximum atomic E-state index is 9.28. The van der Waals surface area contributed by atoms with Crippen LogP contribution >= 0.6 is 11.8 Å². The summed E-state index contributed by atoms with van der Waals surface area (Å²) in [6, 6.07) is 1.76. The Balaban J connectivity index is 2.20. The number of aromatic nitrogens is 5. The Hall–Kier alpha value is -1.87. The molecule has 0 radical (unpaired) electrons. The maximum absolute atomic E-state index is 9.28. The number of nitrogens with zero attached hydrogens (tertiary/aromatic N) is 5. The van der Waals surface area contributed by atoms with Gasteiger partial charge in [-0.25, -0.2) is 4.68 Å². The van der Waals surface area contributed by atoms with E-state index in [9.17, 15) is 5.11 Å². The van der Waals surface area contributed by atoms with Crippen LogP contribution in [0, 0.1) is 0 Å². The molecule has 2 aromatic rings. The van der Waals surface area contributed by atoms with E-state index in [4.69, 9.17) is 5.73 Å². The number of rotatable bonds is 6. The molecule has 0 saturated heterocycles. The predicted octanol–water partition coefficient (Wildman–Crippen LogP) is 0.164. The average molecular weight is 295 g/mol. The second kappa shape index (κ2) is 6.53. The Morgan fingerprint density at radius 1 is 1.45 bits per heavy atom. The van der Waals surface area contributed by atoms with E-state index in [1.54, 1.807) is 30.2 Å². The lowest BCUT2D eigenvalue weighted by molar-refractivity contribution is 0.288. The van der Waals surface area contributed by atoms with Gasteiger partial charge < -0.3 is 16.2 Å². The molecule has 2 heterocycles. The first-order valence-electron chi connectivity index (χ1n) is 6.05. The Bertz CT molecular complexity index is 544. The molecular formula is C11H17N7OS. The summed E-state index contributed by atoms with van der Waals surface area (Å²) in [6.45, 7) is 2.02. The largest absolute Gasteiger partial charge is 0.395 e. The number of nitrogens with two attached hydrogens (primary N) is 1. The van der Waals surface area contributed by atoms with Crippen LogP contribution in [0.4, 0.5) is 11.9 Å². The molecule has 2 rings (SSSR count). The topological polar surface area (TPSA) is 115 Å². The van der Waals surface area contributed by atoms with Crippen molar-refractivity contribution >= 4 is 23.7 Å². The van der Waals surface area contributed by atoms with Gasteiger partial charge in [-0.2, -0.15) is 31.8 Å². The summed E-state index contributed by atoms with van der Waals surface area (Å²) in [6.07, 6.45) is 5.29. The Kier molecular flexibility index (Phi) is 4.74. The van der Waals surface area contributed by atoms with Crippen LogP contribution in [0.2, 0.25) is 0 Å². The first-order chi connectivity index (χ1) is 9.63. The van der Waals surface area contributed by atoms with Crippen LogP contribution in [-0.4, -0.2) is 54.0 Å². The van der Waals surface area contributed by atoms with Crippen molar-refractivity contribution in [1.82, 2.24) is 24.7 Å². The number of aliphatic hydroxyl groups excluding tert-OH is 1. The van der Waals surface area contributed by atoms with E-state index in [0.29, 0.717) is 11.9 Å². The highest BCUT2D eigenvalue weighted by Gasteiger charge is 2.17. The van der Waals surface area contributed by atoms with E-state index in [2.05, 4.69) is 25.4 Å². The molecule has 8 nitrogen and oxygen atoms in total. The van der Waals surface area contributed by atoms with Gasteiger partial charge in [-0.1, -0.05) is 0 Å². The van der Waals surface area contributed by atoms with E-state index in [1.807, 2.05) is 13.2 Å². The van der Waals surface area contributed by atoms with Gasteiger partial charge in [-0.05, 0) is 19.2 Å². The second-order valence-corrected chi connectivity index (χ2v) is 5.23. The monoisotopic (exact) mass is 295 g/mol. The van der Waals surface area contributed by atoms with Gasteiger partial charge in [-0.15, -0.1) is 0 Å². The highest BCUT2D eigenvalue weighted by Crippen LogP contribution is 2.15. The molecule has 0 fully saturated rings. The number of anilines is 2. The summed E-state index contributed by atoms with van der Waals surface area (Å²) in [7, 11) is 0. The molecule has 0 aliphatic carbocycles.